The smallest absolute Gasteiger partial charge is 0.244 e. The van der Waals surface area contributed by atoms with Crippen LogP contribution >= 0.6 is 0 Å². The lowest BCUT2D eigenvalue weighted by atomic mass is 10.0. The summed E-state index contributed by atoms with van der Waals surface area (Å²) in [6.45, 7) is 1.85. The zero-order chi connectivity index (χ0) is 11.5. The van der Waals surface area contributed by atoms with Crippen LogP contribution in [-0.2, 0) is 4.79 Å². The molecule has 0 radical (unpaired) electrons. The highest BCUT2D eigenvalue weighted by molar-refractivity contribution is 6.08. The van der Waals surface area contributed by atoms with E-state index >= 15 is 0 Å². The fourth-order valence-electron chi connectivity index (χ4n) is 1.49. The summed E-state index contributed by atoms with van der Waals surface area (Å²) in [5, 5.41) is 13.1. The molecule has 0 atom stereocenters. The van der Waals surface area contributed by atoms with Crippen molar-refractivity contribution < 1.29 is 9.90 Å². The van der Waals surface area contributed by atoms with Crippen LogP contribution < -0.4 is 5.43 Å². The lowest BCUT2D eigenvalue weighted by molar-refractivity contribution is -0.120. The molecule has 1 aliphatic heterocycles. The van der Waals surface area contributed by atoms with Gasteiger partial charge in [0.25, 0.3) is 0 Å². The molecule has 2 rings (SSSR count). The number of rotatable bonds is 1. The Morgan fingerprint density at radius 1 is 1.38 bits per heavy atom. The minimum absolute atomic E-state index is 0.101. The van der Waals surface area contributed by atoms with Crippen LogP contribution in [0, 0.1) is 0 Å². The van der Waals surface area contributed by atoms with Crippen molar-refractivity contribution >= 4 is 17.7 Å². The molecule has 0 unspecified atom stereocenters. The number of hydrogen-bond donors (Lipinski definition) is 2. The predicted molar refractivity (Wildman–Crippen MR) is 62.0 cm³/mol. The second-order valence-electron chi connectivity index (χ2n) is 3.67. The second kappa shape index (κ2) is 4.18. The molecule has 4 nitrogen and oxygen atoms in total. The number of nitrogens with zero attached hydrogens (tertiary/aromatic N) is 1. The summed E-state index contributed by atoms with van der Waals surface area (Å²) < 4.78 is 0. The third-order valence-corrected chi connectivity index (χ3v) is 2.40. The highest BCUT2D eigenvalue weighted by Gasteiger charge is 2.13. The molecule has 16 heavy (non-hydrogen) atoms. The summed E-state index contributed by atoms with van der Waals surface area (Å²) in [7, 11) is 0. The third kappa shape index (κ3) is 2.28. The maximum Gasteiger partial charge on any atom is 0.244 e. The number of nitrogens with one attached hydrogen (secondary N) is 1. The Labute approximate surface area is 93.3 Å². The molecule has 82 valence electrons. The average molecular weight is 216 g/mol. The molecular formula is C12H12N2O2. The topological polar surface area (TPSA) is 61.7 Å². The van der Waals surface area contributed by atoms with E-state index in [0.717, 1.165) is 16.8 Å². The van der Waals surface area contributed by atoms with Crippen molar-refractivity contribution in [2.45, 2.75) is 13.3 Å². The van der Waals surface area contributed by atoms with Crippen LogP contribution in [0.5, 0.6) is 5.75 Å². The summed E-state index contributed by atoms with van der Waals surface area (Å²) in [6, 6.07) is 6.81. The van der Waals surface area contributed by atoms with Crippen LogP contribution in [0.15, 0.2) is 34.9 Å². The number of amides is 1. The summed E-state index contributed by atoms with van der Waals surface area (Å²) in [4.78, 5) is 11.2. The summed E-state index contributed by atoms with van der Waals surface area (Å²) in [5.41, 5.74) is 5.08. The maximum absolute atomic E-state index is 11.2. The molecule has 4 heteroatoms. The molecule has 0 spiro atoms. The first kappa shape index (κ1) is 10.4. The van der Waals surface area contributed by atoms with Gasteiger partial charge in [-0.25, -0.2) is 5.43 Å². The van der Waals surface area contributed by atoms with Gasteiger partial charge in [0.05, 0.1) is 12.1 Å². The molecule has 1 heterocycles. The number of carbonyl (C=O) groups excluding carboxylic acids is 1. The number of hydrogen-bond acceptors (Lipinski definition) is 3. The Bertz CT molecular complexity index is 472. The van der Waals surface area contributed by atoms with E-state index in [-0.39, 0.29) is 11.7 Å². The Hall–Kier alpha value is -2.10. The molecule has 0 saturated carbocycles. The Kier molecular flexibility index (Phi) is 2.72. The van der Waals surface area contributed by atoms with Gasteiger partial charge in [-0.3, -0.25) is 4.79 Å². The Balaban J connectivity index is 2.29. The fourth-order valence-corrected chi connectivity index (χ4v) is 1.49. The number of phenols is 1. The molecule has 0 fully saturated rings. The van der Waals surface area contributed by atoms with Gasteiger partial charge < -0.3 is 5.11 Å². The zero-order valence-electron chi connectivity index (χ0n) is 8.90. The van der Waals surface area contributed by atoms with Crippen molar-refractivity contribution in [2.75, 3.05) is 0 Å². The van der Waals surface area contributed by atoms with Crippen LogP contribution in [0.2, 0.25) is 0 Å². The zero-order valence-corrected chi connectivity index (χ0v) is 8.90. The lowest BCUT2D eigenvalue weighted by Gasteiger charge is -2.12. The van der Waals surface area contributed by atoms with Gasteiger partial charge in [-0.1, -0.05) is 12.1 Å². The van der Waals surface area contributed by atoms with E-state index in [4.69, 9.17) is 5.11 Å². The minimum Gasteiger partial charge on any atom is -0.508 e. The Morgan fingerprint density at radius 2 is 2.06 bits per heavy atom. The van der Waals surface area contributed by atoms with Gasteiger partial charge >= 0.3 is 0 Å². The normalized spacial score (nSPS) is 18.2. The van der Waals surface area contributed by atoms with Crippen molar-refractivity contribution in [1.29, 1.82) is 0 Å². The SMILES string of the molecule is CC1=NNC(=O)CC1=Cc1ccc(O)cc1. The highest BCUT2D eigenvalue weighted by atomic mass is 16.3. The lowest BCUT2D eigenvalue weighted by Crippen LogP contribution is -2.26. The summed E-state index contributed by atoms with van der Waals surface area (Å²) >= 11 is 0. The summed E-state index contributed by atoms with van der Waals surface area (Å²) in [5.74, 6) is 0.129. The van der Waals surface area contributed by atoms with Crippen molar-refractivity contribution in [2.24, 2.45) is 5.10 Å². The number of phenolic OH excluding ortho intramolecular Hbond substituents is 1. The molecule has 2 N–H and O–H groups in total. The van der Waals surface area contributed by atoms with E-state index in [0.29, 0.717) is 6.42 Å². The molecular weight excluding hydrogens is 204 g/mol. The second-order valence-corrected chi connectivity index (χ2v) is 3.67. The largest absolute Gasteiger partial charge is 0.508 e. The number of carbonyl (C=O) groups is 1. The molecule has 1 aliphatic rings. The van der Waals surface area contributed by atoms with Gasteiger partial charge in [-0.15, -0.1) is 0 Å². The van der Waals surface area contributed by atoms with Crippen molar-refractivity contribution in [3.63, 3.8) is 0 Å². The first-order valence-corrected chi connectivity index (χ1v) is 4.98. The molecule has 1 aromatic rings. The van der Waals surface area contributed by atoms with Gasteiger partial charge in [-0.05, 0) is 36.3 Å². The maximum atomic E-state index is 11.2. The van der Waals surface area contributed by atoms with E-state index < -0.39 is 0 Å². The van der Waals surface area contributed by atoms with Crippen LogP contribution in [0.3, 0.4) is 0 Å². The van der Waals surface area contributed by atoms with E-state index in [9.17, 15) is 4.79 Å². The number of hydrazone groups is 1. The van der Waals surface area contributed by atoms with E-state index in [1.807, 2.05) is 13.0 Å². The summed E-state index contributed by atoms with van der Waals surface area (Å²) in [6.07, 6.45) is 2.24. The standard InChI is InChI=1S/C12H12N2O2/c1-8-10(7-12(16)14-13-8)6-9-2-4-11(15)5-3-9/h2-6,15H,7H2,1H3,(H,14,16). The third-order valence-electron chi connectivity index (χ3n) is 2.40. The highest BCUT2D eigenvalue weighted by Crippen LogP contribution is 2.16. The predicted octanol–water partition coefficient (Wildman–Crippen LogP) is 1.67. The molecule has 0 aromatic heterocycles. The van der Waals surface area contributed by atoms with Crippen LogP contribution in [0.1, 0.15) is 18.9 Å². The van der Waals surface area contributed by atoms with Crippen molar-refractivity contribution in [1.82, 2.24) is 5.43 Å². The van der Waals surface area contributed by atoms with Crippen LogP contribution in [0.4, 0.5) is 0 Å². The Morgan fingerprint density at radius 3 is 2.75 bits per heavy atom. The van der Waals surface area contributed by atoms with E-state index in [2.05, 4.69) is 10.5 Å². The van der Waals surface area contributed by atoms with E-state index in [1.54, 1.807) is 24.3 Å². The van der Waals surface area contributed by atoms with Crippen LogP contribution in [0.25, 0.3) is 6.08 Å². The molecule has 1 amide bonds. The quantitative estimate of drug-likeness (QED) is 0.750. The average Bonchev–Trinajstić information content (AvgIpc) is 2.27. The number of benzene rings is 1. The molecule has 0 saturated heterocycles. The fraction of sp³-hybridized carbons (Fsp3) is 0.167. The monoisotopic (exact) mass is 216 g/mol. The van der Waals surface area contributed by atoms with Crippen molar-refractivity contribution in [3.05, 3.63) is 35.4 Å². The molecule has 0 bridgehead atoms. The number of aromatic hydroxyl groups is 1. The first-order valence-electron chi connectivity index (χ1n) is 4.98. The van der Waals surface area contributed by atoms with Gasteiger partial charge in [-0.2, -0.15) is 5.10 Å². The van der Waals surface area contributed by atoms with Gasteiger partial charge in [0, 0.05) is 0 Å². The molecule has 0 aliphatic carbocycles. The molecule has 1 aromatic carbocycles. The first-order chi connectivity index (χ1) is 7.65. The van der Waals surface area contributed by atoms with Crippen LogP contribution in [-0.4, -0.2) is 16.7 Å². The van der Waals surface area contributed by atoms with E-state index in [1.165, 1.54) is 0 Å². The van der Waals surface area contributed by atoms with Crippen molar-refractivity contribution in [3.8, 4) is 5.75 Å². The van der Waals surface area contributed by atoms with Gasteiger partial charge in [0.15, 0.2) is 0 Å². The minimum atomic E-state index is -0.101. The van der Waals surface area contributed by atoms with Gasteiger partial charge in [0.1, 0.15) is 5.75 Å². The van der Waals surface area contributed by atoms with Gasteiger partial charge in [0.2, 0.25) is 5.91 Å².